The van der Waals surface area contributed by atoms with Crippen molar-refractivity contribution in [2.75, 3.05) is 0 Å². The van der Waals surface area contributed by atoms with Crippen molar-refractivity contribution < 1.29 is 9.18 Å². The van der Waals surface area contributed by atoms with E-state index in [1.54, 1.807) is 11.0 Å². The van der Waals surface area contributed by atoms with Crippen LogP contribution in [-0.2, 0) is 4.79 Å². The van der Waals surface area contributed by atoms with Crippen LogP contribution in [0.4, 0.5) is 4.39 Å². The largest absolute Gasteiger partial charge is 0.332 e. The minimum absolute atomic E-state index is 0.0302. The first-order valence-electron chi connectivity index (χ1n) is 6.43. The molecule has 5 heteroatoms. The first kappa shape index (κ1) is 14.3. The summed E-state index contributed by atoms with van der Waals surface area (Å²) in [6.07, 6.45) is 1.07. The Balaban J connectivity index is 2.42. The maximum absolute atomic E-state index is 13.6. The standard InChI is InChI=1S/C14H18ClFN2O/c1-8(2)18-13(19)6-5-12(17)14(18)9-3-4-10(15)11(16)7-9/h3-4,7-8,12,14H,5-6,17H2,1-2H3. The van der Waals surface area contributed by atoms with Gasteiger partial charge in [0.1, 0.15) is 5.82 Å². The second kappa shape index (κ2) is 5.47. The Kier molecular flexibility index (Phi) is 4.11. The van der Waals surface area contributed by atoms with Crippen LogP contribution in [0.25, 0.3) is 0 Å². The van der Waals surface area contributed by atoms with Crippen molar-refractivity contribution in [3.05, 3.63) is 34.6 Å². The quantitative estimate of drug-likeness (QED) is 0.908. The predicted molar refractivity (Wildman–Crippen MR) is 73.3 cm³/mol. The summed E-state index contributed by atoms with van der Waals surface area (Å²) in [6, 6.07) is 4.19. The first-order valence-corrected chi connectivity index (χ1v) is 6.81. The Labute approximate surface area is 117 Å². The normalized spacial score (nSPS) is 24.1. The summed E-state index contributed by atoms with van der Waals surface area (Å²) >= 11 is 5.70. The topological polar surface area (TPSA) is 46.3 Å². The third-order valence-electron chi connectivity index (χ3n) is 3.53. The number of benzene rings is 1. The lowest BCUT2D eigenvalue weighted by molar-refractivity contribution is -0.139. The fourth-order valence-electron chi connectivity index (χ4n) is 2.65. The van der Waals surface area contributed by atoms with Crippen molar-refractivity contribution in [2.45, 2.75) is 44.8 Å². The van der Waals surface area contributed by atoms with E-state index in [2.05, 4.69) is 0 Å². The number of likely N-dealkylation sites (tertiary alicyclic amines) is 1. The van der Waals surface area contributed by atoms with E-state index in [0.717, 1.165) is 0 Å². The molecule has 0 radical (unpaired) electrons. The Morgan fingerprint density at radius 2 is 2.16 bits per heavy atom. The number of hydrogen-bond acceptors (Lipinski definition) is 2. The van der Waals surface area contributed by atoms with Crippen LogP contribution in [0.3, 0.4) is 0 Å². The molecule has 0 aromatic heterocycles. The molecule has 1 aromatic carbocycles. The van der Waals surface area contributed by atoms with Gasteiger partial charge in [0.2, 0.25) is 5.91 Å². The maximum Gasteiger partial charge on any atom is 0.223 e. The molecule has 2 atom stereocenters. The number of nitrogens with two attached hydrogens (primary N) is 1. The number of nitrogens with zero attached hydrogens (tertiary/aromatic N) is 1. The molecule has 0 spiro atoms. The fourth-order valence-corrected chi connectivity index (χ4v) is 2.77. The Morgan fingerprint density at radius 3 is 2.74 bits per heavy atom. The summed E-state index contributed by atoms with van der Waals surface area (Å²) in [7, 11) is 0. The van der Waals surface area contributed by atoms with Crippen molar-refractivity contribution in [2.24, 2.45) is 5.73 Å². The van der Waals surface area contributed by atoms with Gasteiger partial charge in [-0.2, -0.15) is 0 Å². The van der Waals surface area contributed by atoms with Gasteiger partial charge in [0.15, 0.2) is 0 Å². The molecule has 2 N–H and O–H groups in total. The number of carbonyl (C=O) groups excluding carboxylic acids is 1. The summed E-state index contributed by atoms with van der Waals surface area (Å²) in [5, 5.41) is 0.0792. The number of piperidine rings is 1. The number of hydrogen-bond donors (Lipinski definition) is 1. The van der Waals surface area contributed by atoms with Crippen molar-refractivity contribution in [3.8, 4) is 0 Å². The SMILES string of the molecule is CC(C)N1C(=O)CCC(N)C1c1ccc(Cl)c(F)c1. The summed E-state index contributed by atoms with van der Waals surface area (Å²) in [5.74, 6) is -0.412. The van der Waals surface area contributed by atoms with Gasteiger partial charge in [-0.05, 0) is 38.0 Å². The smallest absolute Gasteiger partial charge is 0.223 e. The number of rotatable bonds is 2. The van der Waals surface area contributed by atoms with E-state index < -0.39 is 5.82 Å². The fraction of sp³-hybridized carbons (Fsp3) is 0.500. The van der Waals surface area contributed by atoms with E-state index in [0.29, 0.717) is 18.4 Å². The van der Waals surface area contributed by atoms with Crippen molar-refractivity contribution in [3.63, 3.8) is 0 Å². The number of amides is 1. The molecule has 0 bridgehead atoms. The monoisotopic (exact) mass is 284 g/mol. The molecule has 1 amide bonds. The van der Waals surface area contributed by atoms with Gasteiger partial charge in [-0.3, -0.25) is 4.79 Å². The van der Waals surface area contributed by atoms with Crippen LogP contribution in [-0.4, -0.2) is 22.9 Å². The summed E-state index contributed by atoms with van der Waals surface area (Å²) in [6.45, 7) is 3.88. The van der Waals surface area contributed by atoms with Crippen LogP contribution >= 0.6 is 11.6 Å². The third-order valence-corrected chi connectivity index (χ3v) is 3.83. The average Bonchev–Trinajstić information content (AvgIpc) is 2.35. The molecule has 1 fully saturated rings. The van der Waals surface area contributed by atoms with Crippen LogP contribution in [0.1, 0.15) is 38.3 Å². The van der Waals surface area contributed by atoms with E-state index in [9.17, 15) is 9.18 Å². The van der Waals surface area contributed by atoms with Crippen molar-refractivity contribution >= 4 is 17.5 Å². The zero-order valence-corrected chi connectivity index (χ0v) is 11.8. The molecule has 1 aliphatic rings. The molecular weight excluding hydrogens is 267 g/mol. The van der Waals surface area contributed by atoms with Crippen molar-refractivity contribution in [1.29, 1.82) is 0 Å². The molecule has 1 aliphatic heterocycles. The maximum atomic E-state index is 13.6. The number of carbonyl (C=O) groups is 1. The molecule has 1 heterocycles. The highest BCUT2D eigenvalue weighted by Gasteiger charge is 2.36. The van der Waals surface area contributed by atoms with E-state index in [-0.39, 0.29) is 29.1 Å². The van der Waals surface area contributed by atoms with E-state index >= 15 is 0 Å². The molecule has 0 saturated carbocycles. The van der Waals surface area contributed by atoms with Crippen LogP contribution in [0, 0.1) is 5.82 Å². The number of halogens is 2. The summed E-state index contributed by atoms with van der Waals surface area (Å²) in [4.78, 5) is 13.8. The Hall–Kier alpha value is -1.13. The van der Waals surface area contributed by atoms with Crippen LogP contribution in [0.5, 0.6) is 0 Å². The highest BCUT2D eigenvalue weighted by molar-refractivity contribution is 6.30. The Bertz CT molecular complexity index is 492. The molecule has 104 valence electrons. The van der Waals surface area contributed by atoms with E-state index in [1.807, 2.05) is 13.8 Å². The Morgan fingerprint density at radius 1 is 1.47 bits per heavy atom. The molecule has 2 rings (SSSR count). The molecule has 0 aliphatic carbocycles. The lowest BCUT2D eigenvalue weighted by Gasteiger charge is -2.42. The molecule has 19 heavy (non-hydrogen) atoms. The molecular formula is C14H18ClFN2O. The lowest BCUT2D eigenvalue weighted by atomic mass is 9.89. The highest BCUT2D eigenvalue weighted by atomic mass is 35.5. The highest BCUT2D eigenvalue weighted by Crippen LogP contribution is 2.33. The van der Waals surface area contributed by atoms with Gasteiger partial charge in [0.05, 0.1) is 11.1 Å². The second-order valence-corrected chi connectivity index (χ2v) is 5.62. The molecule has 1 aromatic rings. The first-order chi connectivity index (χ1) is 8.91. The van der Waals surface area contributed by atoms with Gasteiger partial charge in [0.25, 0.3) is 0 Å². The molecule has 2 unspecified atom stereocenters. The minimum Gasteiger partial charge on any atom is -0.332 e. The van der Waals surface area contributed by atoms with Crippen LogP contribution in [0.2, 0.25) is 5.02 Å². The van der Waals surface area contributed by atoms with Crippen LogP contribution in [0.15, 0.2) is 18.2 Å². The van der Waals surface area contributed by atoms with Gasteiger partial charge in [-0.15, -0.1) is 0 Å². The lowest BCUT2D eigenvalue weighted by Crippen LogP contribution is -2.51. The van der Waals surface area contributed by atoms with Gasteiger partial charge in [-0.1, -0.05) is 17.7 Å². The van der Waals surface area contributed by atoms with Gasteiger partial charge in [0, 0.05) is 18.5 Å². The predicted octanol–water partition coefficient (Wildman–Crippen LogP) is 2.88. The van der Waals surface area contributed by atoms with Gasteiger partial charge >= 0.3 is 0 Å². The van der Waals surface area contributed by atoms with E-state index in [4.69, 9.17) is 17.3 Å². The summed E-state index contributed by atoms with van der Waals surface area (Å²) in [5.41, 5.74) is 6.84. The summed E-state index contributed by atoms with van der Waals surface area (Å²) < 4.78 is 13.6. The average molecular weight is 285 g/mol. The second-order valence-electron chi connectivity index (χ2n) is 5.22. The third kappa shape index (κ3) is 2.74. The van der Waals surface area contributed by atoms with Crippen molar-refractivity contribution in [1.82, 2.24) is 4.90 Å². The minimum atomic E-state index is -0.479. The van der Waals surface area contributed by atoms with Crippen LogP contribution < -0.4 is 5.73 Å². The zero-order chi connectivity index (χ0) is 14.2. The van der Waals surface area contributed by atoms with Gasteiger partial charge in [-0.25, -0.2) is 4.39 Å². The molecule has 1 saturated heterocycles. The molecule has 3 nitrogen and oxygen atoms in total. The zero-order valence-electron chi connectivity index (χ0n) is 11.1. The van der Waals surface area contributed by atoms with Gasteiger partial charge < -0.3 is 10.6 Å². The van der Waals surface area contributed by atoms with E-state index in [1.165, 1.54) is 12.1 Å².